The predicted octanol–water partition coefficient (Wildman–Crippen LogP) is 3.89. The first-order chi connectivity index (χ1) is 9.02. The largest absolute Gasteiger partial charge is 0.368 e. The summed E-state index contributed by atoms with van der Waals surface area (Å²) in [6.07, 6.45) is 0. The van der Waals surface area contributed by atoms with Crippen LogP contribution >= 0.6 is 27.7 Å². The molecular weight excluding hydrogens is 320 g/mol. The first-order valence-corrected chi connectivity index (χ1v) is 8.68. The molecule has 4 heteroatoms. The maximum Gasteiger partial charge on any atom is 0.0511 e. The van der Waals surface area contributed by atoms with Gasteiger partial charge in [0.1, 0.15) is 0 Å². The minimum absolute atomic E-state index is 0.347. The summed E-state index contributed by atoms with van der Waals surface area (Å²) in [5.74, 6) is 1.21. The molecule has 0 spiro atoms. The summed E-state index contributed by atoms with van der Waals surface area (Å²) in [6, 6.07) is 6.73. The van der Waals surface area contributed by atoms with Crippen molar-refractivity contribution in [2.24, 2.45) is 0 Å². The molecule has 0 radical (unpaired) electrons. The number of nitrogens with one attached hydrogen (secondary N) is 1. The monoisotopic (exact) mass is 342 g/mol. The van der Waals surface area contributed by atoms with Gasteiger partial charge in [-0.3, -0.25) is 0 Å². The fraction of sp³-hybridized carbons (Fsp3) is 0.600. The molecule has 1 aliphatic rings. The SMILES string of the molecule is CCNCc1ccc(N2CCSC(C)(C)C2)c(Br)c1. The van der Waals surface area contributed by atoms with Gasteiger partial charge in [0, 0.05) is 34.6 Å². The van der Waals surface area contributed by atoms with Crippen LogP contribution in [0.1, 0.15) is 26.3 Å². The Morgan fingerprint density at radius 3 is 2.84 bits per heavy atom. The second-order valence-corrected chi connectivity index (χ2v) is 8.25. The Morgan fingerprint density at radius 2 is 2.21 bits per heavy atom. The number of anilines is 1. The Hall–Kier alpha value is -0.190. The van der Waals surface area contributed by atoms with Gasteiger partial charge in [-0.2, -0.15) is 11.8 Å². The van der Waals surface area contributed by atoms with Crippen molar-refractivity contribution >= 4 is 33.4 Å². The number of thioether (sulfide) groups is 1. The molecule has 1 N–H and O–H groups in total. The zero-order valence-corrected chi connectivity index (χ0v) is 14.4. The van der Waals surface area contributed by atoms with Crippen molar-refractivity contribution in [2.75, 3.05) is 30.3 Å². The van der Waals surface area contributed by atoms with Crippen LogP contribution in [0.15, 0.2) is 22.7 Å². The molecule has 1 aliphatic heterocycles. The Bertz CT molecular complexity index is 434. The molecule has 1 heterocycles. The first-order valence-electron chi connectivity index (χ1n) is 6.90. The van der Waals surface area contributed by atoms with Crippen molar-refractivity contribution in [3.05, 3.63) is 28.2 Å². The molecule has 0 saturated carbocycles. The summed E-state index contributed by atoms with van der Waals surface area (Å²) >= 11 is 5.81. The highest BCUT2D eigenvalue weighted by molar-refractivity contribution is 9.10. The number of hydrogen-bond donors (Lipinski definition) is 1. The van der Waals surface area contributed by atoms with Crippen LogP contribution in [0, 0.1) is 0 Å². The van der Waals surface area contributed by atoms with E-state index in [1.54, 1.807) is 0 Å². The maximum absolute atomic E-state index is 3.74. The Labute approximate surface area is 129 Å². The second-order valence-electron chi connectivity index (χ2n) is 5.60. The van der Waals surface area contributed by atoms with E-state index < -0.39 is 0 Å². The Kier molecular flexibility index (Phi) is 5.21. The van der Waals surface area contributed by atoms with Gasteiger partial charge in [0.05, 0.1) is 5.69 Å². The summed E-state index contributed by atoms with van der Waals surface area (Å²) in [5.41, 5.74) is 2.66. The van der Waals surface area contributed by atoms with Crippen molar-refractivity contribution in [1.82, 2.24) is 5.32 Å². The zero-order chi connectivity index (χ0) is 13.9. The van der Waals surface area contributed by atoms with Gasteiger partial charge in [0.2, 0.25) is 0 Å². The van der Waals surface area contributed by atoms with Gasteiger partial charge in [-0.1, -0.05) is 13.0 Å². The van der Waals surface area contributed by atoms with Gasteiger partial charge in [0.15, 0.2) is 0 Å². The number of nitrogens with zero attached hydrogens (tertiary/aromatic N) is 1. The highest BCUT2D eigenvalue weighted by atomic mass is 79.9. The van der Waals surface area contributed by atoms with Crippen LogP contribution in [0.2, 0.25) is 0 Å². The molecule has 19 heavy (non-hydrogen) atoms. The quantitative estimate of drug-likeness (QED) is 0.893. The van der Waals surface area contributed by atoms with Gasteiger partial charge in [-0.25, -0.2) is 0 Å². The van der Waals surface area contributed by atoms with Crippen LogP contribution in [0.5, 0.6) is 0 Å². The Balaban J connectivity index is 2.12. The lowest BCUT2D eigenvalue weighted by Crippen LogP contribution is -2.43. The predicted molar refractivity (Wildman–Crippen MR) is 90.3 cm³/mol. The van der Waals surface area contributed by atoms with Gasteiger partial charge in [-0.15, -0.1) is 0 Å². The lowest BCUT2D eigenvalue weighted by molar-refractivity contribution is 0.646. The third-order valence-electron chi connectivity index (χ3n) is 3.36. The van der Waals surface area contributed by atoms with E-state index in [1.165, 1.54) is 21.5 Å². The molecular formula is C15H23BrN2S. The fourth-order valence-corrected chi connectivity index (χ4v) is 4.20. The molecule has 1 saturated heterocycles. The summed E-state index contributed by atoms with van der Waals surface area (Å²) in [5, 5.41) is 3.37. The summed E-state index contributed by atoms with van der Waals surface area (Å²) < 4.78 is 1.56. The van der Waals surface area contributed by atoms with Crippen LogP contribution in [-0.2, 0) is 6.54 Å². The third-order valence-corrected chi connectivity index (χ3v) is 5.29. The molecule has 0 bridgehead atoms. The minimum atomic E-state index is 0.347. The number of halogens is 1. The highest BCUT2D eigenvalue weighted by Crippen LogP contribution is 2.35. The number of benzene rings is 1. The van der Waals surface area contributed by atoms with E-state index >= 15 is 0 Å². The molecule has 1 aromatic carbocycles. The standard InChI is InChI=1S/C15H23BrN2S/c1-4-17-10-12-5-6-14(13(16)9-12)18-7-8-19-15(2,3)11-18/h5-6,9,17H,4,7-8,10-11H2,1-3H3. The van der Waals surface area contributed by atoms with Gasteiger partial charge >= 0.3 is 0 Å². The van der Waals surface area contributed by atoms with E-state index in [1.807, 2.05) is 0 Å². The van der Waals surface area contributed by atoms with E-state index in [0.717, 1.165) is 26.2 Å². The molecule has 106 valence electrons. The molecule has 0 amide bonds. The maximum atomic E-state index is 3.74. The van der Waals surface area contributed by atoms with E-state index in [9.17, 15) is 0 Å². The normalized spacial score (nSPS) is 18.6. The summed E-state index contributed by atoms with van der Waals surface area (Å²) in [7, 11) is 0. The average Bonchev–Trinajstić information content (AvgIpc) is 2.35. The van der Waals surface area contributed by atoms with Crippen molar-refractivity contribution in [3.8, 4) is 0 Å². The summed E-state index contributed by atoms with van der Waals surface area (Å²) in [6.45, 7) is 11.0. The van der Waals surface area contributed by atoms with Crippen LogP contribution in [0.4, 0.5) is 5.69 Å². The average molecular weight is 343 g/mol. The van der Waals surface area contributed by atoms with Crippen LogP contribution in [0.25, 0.3) is 0 Å². The van der Waals surface area contributed by atoms with Gasteiger partial charge in [-0.05, 0) is 54.0 Å². The zero-order valence-electron chi connectivity index (χ0n) is 12.0. The summed E-state index contributed by atoms with van der Waals surface area (Å²) in [4.78, 5) is 2.50. The second kappa shape index (κ2) is 6.51. The van der Waals surface area contributed by atoms with Gasteiger partial charge in [0.25, 0.3) is 0 Å². The van der Waals surface area contributed by atoms with Crippen molar-refractivity contribution in [2.45, 2.75) is 32.1 Å². The van der Waals surface area contributed by atoms with Crippen LogP contribution in [0.3, 0.4) is 0 Å². The third kappa shape index (κ3) is 4.14. The molecule has 2 nitrogen and oxygen atoms in total. The van der Waals surface area contributed by atoms with Crippen LogP contribution in [-0.4, -0.2) is 30.1 Å². The first kappa shape index (κ1) is 15.2. The van der Waals surface area contributed by atoms with Crippen molar-refractivity contribution in [3.63, 3.8) is 0 Å². The number of hydrogen-bond acceptors (Lipinski definition) is 3. The molecule has 0 aliphatic carbocycles. The molecule has 0 aromatic heterocycles. The van der Waals surface area contributed by atoms with Gasteiger partial charge < -0.3 is 10.2 Å². The fourth-order valence-electron chi connectivity index (χ4n) is 2.41. The smallest absolute Gasteiger partial charge is 0.0511 e. The van der Waals surface area contributed by atoms with Crippen LogP contribution < -0.4 is 10.2 Å². The molecule has 1 aromatic rings. The Morgan fingerprint density at radius 1 is 1.42 bits per heavy atom. The van der Waals surface area contributed by atoms with E-state index in [2.05, 4.69) is 76.9 Å². The van der Waals surface area contributed by atoms with E-state index in [-0.39, 0.29) is 0 Å². The van der Waals surface area contributed by atoms with E-state index in [0.29, 0.717) is 4.75 Å². The van der Waals surface area contributed by atoms with E-state index in [4.69, 9.17) is 0 Å². The lowest BCUT2D eigenvalue weighted by atomic mass is 10.1. The molecule has 0 atom stereocenters. The number of rotatable bonds is 4. The molecule has 1 fully saturated rings. The molecule has 2 rings (SSSR count). The van der Waals surface area contributed by atoms with Crippen molar-refractivity contribution in [1.29, 1.82) is 0 Å². The lowest BCUT2D eigenvalue weighted by Gasteiger charge is -2.39. The minimum Gasteiger partial charge on any atom is -0.368 e. The molecule has 0 unspecified atom stereocenters. The topological polar surface area (TPSA) is 15.3 Å². The highest BCUT2D eigenvalue weighted by Gasteiger charge is 2.27. The van der Waals surface area contributed by atoms with Crippen molar-refractivity contribution < 1.29 is 0 Å².